The monoisotopic (exact) mass is 221 g/mol. The molecule has 0 amide bonds. The summed E-state index contributed by atoms with van der Waals surface area (Å²) in [7, 11) is 3.32. The van der Waals surface area contributed by atoms with E-state index < -0.39 is 0 Å². The van der Waals surface area contributed by atoms with E-state index in [0.29, 0.717) is 12.1 Å². The summed E-state index contributed by atoms with van der Waals surface area (Å²) in [6.45, 7) is 2.18. The van der Waals surface area contributed by atoms with Crippen LogP contribution < -0.4 is 14.8 Å². The third-order valence-electron chi connectivity index (χ3n) is 2.97. The molecule has 0 heterocycles. The van der Waals surface area contributed by atoms with Gasteiger partial charge in [0.15, 0.2) is 11.5 Å². The number of benzene rings is 1. The van der Waals surface area contributed by atoms with Gasteiger partial charge < -0.3 is 14.8 Å². The Morgan fingerprint density at radius 2 is 1.88 bits per heavy atom. The van der Waals surface area contributed by atoms with Gasteiger partial charge in [0.05, 0.1) is 14.2 Å². The van der Waals surface area contributed by atoms with Crippen molar-refractivity contribution in [3.05, 3.63) is 23.8 Å². The van der Waals surface area contributed by atoms with E-state index in [0.717, 1.165) is 11.5 Å². The predicted octanol–water partition coefficient (Wildman–Crippen LogP) is 2.52. The molecule has 1 fully saturated rings. The number of nitrogens with one attached hydrogen (secondary N) is 1. The predicted molar refractivity (Wildman–Crippen MR) is 64.1 cm³/mol. The highest BCUT2D eigenvalue weighted by Crippen LogP contribution is 2.31. The molecule has 16 heavy (non-hydrogen) atoms. The lowest BCUT2D eigenvalue weighted by atomic mass is 10.1. The topological polar surface area (TPSA) is 30.5 Å². The minimum atomic E-state index is 0.368. The van der Waals surface area contributed by atoms with Gasteiger partial charge in [0.1, 0.15) is 0 Å². The summed E-state index contributed by atoms with van der Waals surface area (Å²) >= 11 is 0. The van der Waals surface area contributed by atoms with Crippen LogP contribution >= 0.6 is 0 Å². The highest BCUT2D eigenvalue weighted by atomic mass is 16.5. The van der Waals surface area contributed by atoms with Crippen LogP contribution in [-0.2, 0) is 0 Å². The van der Waals surface area contributed by atoms with E-state index in [1.54, 1.807) is 14.2 Å². The van der Waals surface area contributed by atoms with E-state index in [9.17, 15) is 0 Å². The van der Waals surface area contributed by atoms with Crippen molar-refractivity contribution in [3.8, 4) is 11.5 Å². The summed E-state index contributed by atoms with van der Waals surface area (Å²) in [6.07, 6.45) is 2.61. The van der Waals surface area contributed by atoms with Crippen molar-refractivity contribution >= 4 is 0 Å². The Balaban J connectivity index is 2.13. The summed E-state index contributed by atoms with van der Waals surface area (Å²) in [5.74, 6) is 1.58. The molecule has 2 rings (SSSR count). The quantitative estimate of drug-likeness (QED) is 0.828. The van der Waals surface area contributed by atoms with Gasteiger partial charge in [-0.15, -0.1) is 0 Å². The molecule has 1 aliphatic rings. The van der Waals surface area contributed by atoms with E-state index in [2.05, 4.69) is 18.3 Å². The smallest absolute Gasteiger partial charge is 0.161 e. The van der Waals surface area contributed by atoms with Crippen molar-refractivity contribution in [2.75, 3.05) is 14.2 Å². The van der Waals surface area contributed by atoms with Crippen LogP contribution in [0.2, 0.25) is 0 Å². The van der Waals surface area contributed by atoms with Crippen LogP contribution in [0.25, 0.3) is 0 Å². The number of hydrogen-bond donors (Lipinski definition) is 1. The number of ether oxygens (including phenoxy) is 2. The fourth-order valence-electron chi connectivity index (χ4n) is 1.82. The molecule has 1 saturated carbocycles. The highest BCUT2D eigenvalue weighted by molar-refractivity contribution is 5.43. The number of methoxy groups -OCH3 is 2. The van der Waals surface area contributed by atoms with Crippen molar-refractivity contribution in [2.24, 2.45) is 0 Å². The number of hydrogen-bond acceptors (Lipinski definition) is 3. The van der Waals surface area contributed by atoms with Crippen molar-refractivity contribution in [1.82, 2.24) is 5.32 Å². The van der Waals surface area contributed by atoms with Crippen molar-refractivity contribution in [2.45, 2.75) is 31.8 Å². The average molecular weight is 221 g/mol. The molecule has 88 valence electrons. The van der Waals surface area contributed by atoms with Gasteiger partial charge in [0.25, 0.3) is 0 Å². The molecule has 0 spiro atoms. The normalized spacial score (nSPS) is 16.9. The zero-order chi connectivity index (χ0) is 11.5. The Morgan fingerprint density at radius 3 is 2.44 bits per heavy atom. The van der Waals surface area contributed by atoms with Gasteiger partial charge in [-0.25, -0.2) is 0 Å². The SMILES string of the molecule is COc1ccc([C@@H](C)NC2CC2)cc1OC. The highest BCUT2D eigenvalue weighted by Gasteiger charge is 2.23. The van der Waals surface area contributed by atoms with Crippen LogP contribution in [0.15, 0.2) is 18.2 Å². The third kappa shape index (κ3) is 2.47. The van der Waals surface area contributed by atoms with Crippen LogP contribution in [0.1, 0.15) is 31.4 Å². The zero-order valence-electron chi connectivity index (χ0n) is 10.1. The van der Waals surface area contributed by atoms with Crippen molar-refractivity contribution < 1.29 is 9.47 Å². The molecule has 0 unspecified atom stereocenters. The summed E-state index contributed by atoms with van der Waals surface area (Å²) in [6, 6.07) is 7.16. The van der Waals surface area contributed by atoms with Crippen LogP contribution in [0.4, 0.5) is 0 Å². The average Bonchev–Trinajstić information content (AvgIpc) is 3.11. The lowest BCUT2D eigenvalue weighted by molar-refractivity contribution is 0.354. The summed E-state index contributed by atoms with van der Waals surface area (Å²) < 4.78 is 10.5. The lowest BCUT2D eigenvalue weighted by Gasteiger charge is -2.16. The molecule has 0 saturated heterocycles. The first-order valence-corrected chi connectivity index (χ1v) is 5.72. The first-order chi connectivity index (χ1) is 7.74. The van der Waals surface area contributed by atoms with Crippen molar-refractivity contribution in [3.63, 3.8) is 0 Å². The Bertz CT molecular complexity index is 361. The van der Waals surface area contributed by atoms with Gasteiger partial charge in [0, 0.05) is 12.1 Å². The molecule has 3 nitrogen and oxygen atoms in total. The fraction of sp³-hybridized carbons (Fsp3) is 0.538. The molecule has 0 aromatic heterocycles. The maximum Gasteiger partial charge on any atom is 0.161 e. The van der Waals surface area contributed by atoms with Crippen molar-refractivity contribution in [1.29, 1.82) is 0 Å². The lowest BCUT2D eigenvalue weighted by Crippen LogP contribution is -2.20. The van der Waals surface area contributed by atoms with Gasteiger partial charge in [-0.1, -0.05) is 6.07 Å². The fourth-order valence-corrected chi connectivity index (χ4v) is 1.82. The molecular formula is C13H19NO2. The molecule has 1 aliphatic carbocycles. The van der Waals surface area contributed by atoms with Gasteiger partial charge in [-0.2, -0.15) is 0 Å². The van der Waals surface area contributed by atoms with Crippen LogP contribution in [0, 0.1) is 0 Å². The van der Waals surface area contributed by atoms with E-state index in [1.807, 2.05) is 12.1 Å². The van der Waals surface area contributed by atoms with Gasteiger partial charge in [-0.05, 0) is 37.5 Å². The summed E-state index contributed by atoms with van der Waals surface area (Å²) in [5, 5.41) is 3.56. The Hall–Kier alpha value is -1.22. The van der Waals surface area contributed by atoms with Crippen LogP contribution in [-0.4, -0.2) is 20.3 Å². The van der Waals surface area contributed by atoms with Gasteiger partial charge in [-0.3, -0.25) is 0 Å². The first-order valence-electron chi connectivity index (χ1n) is 5.72. The maximum atomic E-state index is 5.29. The molecule has 0 radical (unpaired) electrons. The Kier molecular flexibility index (Phi) is 3.34. The van der Waals surface area contributed by atoms with E-state index in [4.69, 9.17) is 9.47 Å². The van der Waals surface area contributed by atoms with Gasteiger partial charge in [0.2, 0.25) is 0 Å². The minimum absolute atomic E-state index is 0.368. The second-order valence-electron chi connectivity index (χ2n) is 4.28. The third-order valence-corrected chi connectivity index (χ3v) is 2.97. The van der Waals surface area contributed by atoms with E-state index in [1.165, 1.54) is 18.4 Å². The Morgan fingerprint density at radius 1 is 1.19 bits per heavy atom. The van der Waals surface area contributed by atoms with Crippen LogP contribution in [0.3, 0.4) is 0 Å². The van der Waals surface area contributed by atoms with Crippen LogP contribution in [0.5, 0.6) is 11.5 Å². The molecular weight excluding hydrogens is 202 g/mol. The zero-order valence-corrected chi connectivity index (χ0v) is 10.1. The number of rotatable bonds is 5. The molecule has 1 N–H and O–H groups in total. The summed E-state index contributed by atoms with van der Waals surface area (Å²) in [4.78, 5) is 0. The maximum absolute atomic E-state index is 5.29. The van der Waals surface area contributed by atoms with E-state index >= 15 is 0 Å². The molecule has 0 bridgehead atoms. The largest absolute Gasteiger partial charge is 0.493 e. The molecule has 1 atom stereocenters. The second-order valence-corrected chi connectivity index (χ2v) is 4.28. The molecule has 0 aliphatic heterocycles. The second kappa shape index (κ2) is 4.74. The molecule has 1 aromatic carbocycles. The first kappa shape index (κ1) is 11.3. The minimum Gasteiger partial charge on any atom is -0.493 e. The standard InChI is InChI=1S/C13H19NO2/c1-9(14-11-5-6-11)10-4-7-12(15-2)13(8-10)16-3/h4,7-9,11,14H,5-6H2,1-3H3/t9-/m1/s1. The summed E-state index contributed by atoms with van der Waals surface area (Å²) in [5.41, 5.74) is 1.24. The Labute approximate surface area is 96.8 Å². The molecule has 3 heteroatoms. The molecule has 1 aromatic rings. The van der Waals surface area contributed by atoms with Gasteiger partial charge >= 0.3 is 0 Å². The van der Waals surface area contributed by atoms with E-state index in [-0.39, 0.29) is 0 Å².